The van der Waals surface area contributed by atoms with Gasteiger partial charge in [-0.25, -0.2) is 9.18 Å². The Balaban J connectivity index is 1.86. The van der Waals surface area contributed by atoms with Crippen LogP contribution in [0.1, 0.15) is 46.4 Å². The topological polar surface area (TPSA) is 69.4 Å². The monoisotopic (exact) mass is 339 g/mol. The highest BCUT2D eigenvalue weighted by atomic mass is 35.5. The van der Waals surface area contributed by atoms with Crippen LogP contribution in [0.5, 0.6) is 0 Å². The molecule has 2 rings (SSSR count). The van der Waals surface area contributed by atoms with Crippen LogP contribution in [0.3, 0.4) is 0 Å². The van der Waals surface area contributed by atoms with Gasteiger partial charge in [0.15, 0.2) is 11.5 Å². The van der Waals surface area contributed by atoms with Gasteiger partial charge in [0.2, 0.25) is 0 Å². The second kappa shape index (κ2) is 7.87. The van der Waals surface area contributed by atoms with Crippen LogP contribution in [0.2, 0.25) is 5.02 Å². The molecule has 0 aliphatic rings. The number of carbonyl (C=O) groups is 2. The van der Waals surface area contributed by atoms with Gasteiger partial charge in [0.1, 0.15) is 11.6 Å². The summed E-state index contributed by atoms with van der Waals surface area (Å²) in [6, 6.07) is 5.37. The van der Waals surface area contributed by atoms with Crippen molar-refractivity contribution in [1.82, 2.24) is 5.16 Å². The van der Waals surface area contributed by atoms with E-state index in [0.717, 1.165) is 6.07 Å². The Morgan fingerprint density at radius 1 is 1.35 bits per heavy atom. The summed E-state index contributed by atoms with van der Waals surface area (Å²) in [5.41, 5.74) is 0.472. The van der Waals surface area contributed by atoms with Crippen molar-refractivity contribution in [1.29, 1.82) is 0 Å². The first-order chi connectivity index (χ1) is 11.0. The fourth-order valence-electron chi connectivity index (χ4n) is 1.97. The summed E-state index contributed by atoms with van der Waals surface area (Å²) >= 11 is 5.65. The minimum atomic E-state index is -0.559. The quantitative estimate of drug-likeness (QED) is 0.566. The van der Waals surface area contributed by atoms with E-state index < -0.39 is 11.8 Å². The van der Waals surface area contributed by atoms with E-state index in [-0.39, 0.29) is 29.5 Å². The molecule has 5 nitrogen and oxygen atoms in total. The lowest BCUT2D eigenvalue weighted by Gasteiger charge is -2.01. The molecule has 0 saturated carbocycles. The third-order valence-corrected chi connectivity index (χ3v) is 3.40. The molecule has 2 aromatic rings. The van der Waals surface area contributed by atoms with Gasteiger partial charge in [0.25, 0.3) is 0 Å². The van der Waals surface area contributed by atoms with Gasteiger partial charge < -0.3 is 9.26 Å². The molecular formula is C16H15ClFNO4. The standard InChI is InChI=1S/C16H15ClFNO4/c1-2-22-16(21)14-9-11(23-19-14)4-3-5-15(20)10-6-7-13(18)12(17)8-10/h6-9H,2-5H2,1H3. The molecule has 0 unspecified atom stereocenters. The van der Waals surface area contributed by atoms with Crippen molar-refractivity contribution >= 4 is 23.4 Å². The van der Waals surface area contributed by atoms with Crippen LogP contribution in [-0.2, 0) is 11.2 Å². The van der Waals surface area contributed by atoms with Crippen molar-refractivity contribution in [3.63, 3.8) is 0 Å². The normalized spacial score (nSPS) is 10.6. The van der Waals surface area contributed by atoms with Crippen molar-refractivity contribution in [3.8, 4) is 0 Å². The number of aromatic nitrogens is 1. The zero-order chi connectivity index (χ0) is 16.8. The molecule has 0 N–H and O–H groups in total. The molecule has 0 aliphatic carbocycles. The maximum atomic E-state index is 13.1. The minimum Gasteiger partial charge on any atom is -0.461 e. The number of hydrogen-bond donors (Lipinski definition) is 0. The summed E-state index contributed by atoms with van der Waals surface area (Å²) in [6.45, 7) is 1.96. The van der Waals surface area contributed by atoms with Crippen molar-refractivity contribution in [2.24, 2.45) is 0 Å². The molecule has 0 aliphatic heterocycles. The zero-order valence-corrected chi connectivity index (χ0v) is 13.2. The largest absolute Gasteiger partial charge is 0.461 e. The lowest BCUT2D eigenvalue weighted by molar-refractivity contribution is 0.0514. The molecular weight excluding hydrogens is 325 g/mol. The molecule has 0 atom stereocenters. The van der Waals surface area contributed by atoms with E-state index in [1.807, 2.05) is 0 Å². The molecule has 0 saturated heterocycles. The number of esters is 1. The van der Waals surface area contributed by atoms with E-state index >= 15 is 0 Å². The molecule has 0 spiro atoms. The number of Topliss-reactive ketones (excluding diaryl/α,β-unsaturated/α-hetero) is 1. The van der Waals surface area contributed by atoms with Gasteiger partial charge in [-0.1, -0.05) is 16.8 Å². The van der Waals surface area contributed by atoms with E-state index in [2.05, 4.69) is 5.16 Å². The van der Waals surface area contributed by atoms with E-state index in [1.165, 1.54) is 18.2 Å². The number of carbonyl (C=O) groups excluding carboxylic acids is 2. The third kappa shape index (κ3) is 4.63. The number of halogens is 2. The number of hydrogen-bond acceptors (Lipinski definition) is 5. The van der Waals surface area contributed by atoms with E-state index in [9.17, 15) is 14.0 Å². The van der Waals surface area contributed by atoms with E-state index in [0.29, 0.717) is 24.2 Å². The molecule has 23 heavy (non-hydrogen) atoms. The van der Waals surface area contributed by atoms with Gasteiger partial charge in [-0.3, -0.25) is 4.79 Å². The van der Waals surface area contributed by atoms with Crippen LogP contribution in [0.15, 0.2) is 28.8 Å². The van der Waals surface area contributed by atoms with Crippen LogP contribution in [-0.4, -0.2) is 23.5 Å². The SMILES string of the molecule is CCOC(=O)c1cc(CCCC(=O)c2ccc(F)c(Cl)c2)on1. The van der Waals surface area contributed by atoms with Crippen molar-refractivity contribution in [2.75, 3.05) is 6.61 Å². The van der Waals surface area contributed by atoms with Crippen LogP contribution >= 0.6 is 11.6 Å². The first kappa shape index (κ1) is 17.1. The first-order valence-electron chi connectivity index (χ1n) is 7.12. The molecule has 7 heteroatoms. The highest BCUT2D eigenvalue weighted by Crippen LogP contribution is 2.18. The van der Waals surface area contributed by atoms with Crippen LogP contribution < -0.4 is 0 Å². The lowest BCUT2D eigenvalue weighted by atomic mass is 10.0. The Morgan fingerprint density at radius 2 is 2.13 bits per heavy atom. The molecule has 122 valence electrons. The third-order valence-electron chi connectivity index (χ3n) is 3.11. The first-order valence-corrected chi connectivity index (χ1v) is 7.50. The Kier molecular flexibility index (Phi) is 5.87. The van der Waals surface area contributed by atoms with Gasteiger partial charge in [-0.2, -0.15) is 0 Å². The minimum absolute atomic E-state index is 0.0786. The predicted octanol–water partition coefficient (Wildman–Crippen LogP) is 3.85. The molecule has 1 aromatic heterocycles. The molecule has 0 bridgehead atoms. The second-order valence-corrected chi connectivity index (χ2v) is 5.21. The van der Waals surface area contributed by atoms with Gasteiger partial charge in [0, 0.05) is 24.5 Å². The molecule has 0 radical (unpaired) electrons. The molecule has 1 aromatic carbocycles. The maximum Gasteiger partial charge on any atom is 0.360 e. The van der Waals surface area contributed by atoms with Gasteiger partial charge in [-0.15, -0.1) is 0 Å². The fraction of sp³-hybridized carbons (Fsp3) is 0.312. The predicted molar refractivity (Wildman–Crippen MR) is 81.1 cm³/mol. The zero-order valence-electron chi connectivity index (χ0n) is 12.5. The maximum absolute atomic E-state index is 13.1. The average molecular weight is 340 g/mol. The smallest absolute Gasteiger partial charge is 0.360 e. The number of rotatable bonds is 7. The summed E-state index contributed by atoms with van der Waals surface area (Å²) in [5, 5.41) is 3.54. The summed E-state index contributed by atoms with van der Waals surface area (Å²) < 4.78 is 22.9. The van der Waals surface area contributed by atoms with Crippen LogP contribution in [0.25, 0.3) is 0 Å². The summed E-state index contributed by atoms with van der Waals surface area (Å²) in [5.74, 6) is -0.745. The van der Waals surface area contributed by atoms with Crippen molar-refractivity contribution in [3.05, 3.63) is 52.1 Å². The van der Waals surface area contributed by atoms with Crippen LogP contribution in [0, 0.1) is 5.82 Å². The molecule has 0 fully saturated rings. The van der Waals surface area contributed by atoms with Crippen LogP contribution in [0.4, 0.5) is 4.39 Å². The van der Waals surface area contributed by atoms with Crippen molar-refractivity contribution in [2.45, 2.75) is 26.2 Å². The highest BCUT2D eigenvalue weighted by Gasteiger charge is 2.14. The van der Waals surface area contributed by atoms with Gasteiger partial charge in [0.05, 0.1) is 11.6 Å². The van der Waals surface area contributed by atoms with Gasteiger partial charge >= 0.3 is 5.97 Å². The van der Waals surface area contributed by atoms with E-state index in [1.54, 1.807) is 6.92 Å². The average Bonchev–Trinajstić information content (AvgIpc) is 2.99. The summed E-state index contributed by atoms with van der Waals surface area (Å²) in [4.78, 5) is 23.4. The number of aryl methyl sites for hydroxylation is 1. The Bertz CT molecular complexity index is 714. The Hall–Kier alpha value is -2.21. The Morgan fingerprint density at radius 3 is 2.83 bits per heavy atom. The fourth-order valence-corrected chi connectivity index (χ4v) is 2.15. The number of ether oxygens (including phenoxy) is 1. The highest BCUT2D eigenvalue weighted by molar-refractivity contribution is 6.31. The number of benzene rings is 1. The molecule has 1 heterocycles. The Labute approximate surface area is 137 Å². The lowest BCUT2D eigenvalue weighted by Crippen LogP contribution is -2.04. The number of ketones is 1. The van der Waals surface area contributed by atoms with E-state index in [4.69, 9.17) is 20.9 Å². The molecule has 0 amide bonds. The summed E-state index contributed by atoms with van der Waals surface area (Å²) in [6.07, 6.45) is 1.20. The second-order valence-electron chi connectivity index (χ2n) is 4.80. The van der Waals surface area contributed by atoms with Crippen molar-refractivity contribution < 1.29 is 23.2 Å². The van der Waals surface area contributed by atoms with Gasteiger partial charge in [-0.05, 0) is 31.5 Å². The number of nitrogens with zero attached hydrogens (tertiary/aromatic N) is 1. The summed E-state index contributed by atoms with van der Waals surface area (Å²) in [7, 11) is 0.